The first kappa shape index (κ1) is 15.5. The quantitative estimate of drug-likeness (QED) is 0.652. The lowest BCUT2D eigenvalue weighted by atomic mass is 10.2. The summed E-state index contributed by atoms with van der Waals surface area (Å²) in [5, 5.41) is 6.58. The number of aryl methyl sites for hydroxylation is 2. The summed E-state index contributed by atoms with van der Waals surface area (Å²) in [6.45, 7) is 4.02. The number of anilines is 4. The first-order valence-corrected chi connectivity index (χ1v) is 8.10. The SMILES string of the molecule is Cc1cc(Nc2ccccc2C)nc(Nc2cccc(Br)c2)n1. The van der Waals surface area contributed by atoms with Crippen molar-refractivity contribution in [1.29, 1.82) is 0 Å². The van der Waals surface area contributed by atoms with Gasteiger partial charge < -0.3 is 10.6 Å². The Hall–Kier alpha value is -2.40. The molecule has 0 fully saturated rings. The number of hydrogen-bond donors (Lipinski definition) is 2. The highest BCUT2D eigenvalue weighted by Crippen LogP contribution is 2.22. The average molecular weight is 369 g/mol. The minimum Gasteiger partial charge on any atom is -0.340 e. The first-order valence-electron chi connectivity index (χ1n) is 7.31. The van der Waals surface area contributed by atoms with Crippen LogP contribution in [0.5, 0.6) is 0 Å². The van der Waals surface area contributed by atoms with Crippen LogP contribution in [0.1, 0.15) is 11.3 Å². The molecule has 0 atom stereocenters. The number of nitrogens with zero attached hydrogens (tertiary/aromatic N) is 2. The summed E-state index contributed by atoms with van der Waals surface area (Å²) >= 11 is 3.46. The van der Waals surface area contributed by atoms with Crippen LogP contribution in [0.4, 0.5) is 23.1 Å². The molecule has 0 spiro atoms. The lowest BCUT2D eigenvalue weighted by Crippen LogP contribution is -2.03. The zero-order valence-electron chi connectivity index (χ0n) is 13.0. The molecule has 0 aliphatic rings. The van der Waals surface area contributed by atoms with Gasteiger partial charge in [0.2, 0.25) is 5.95 Å². The Morgan fingerprint density at radius 3 is 2.48 bits per heavy atom. The fourth-order valence-electron chi connectivity index (χ4n) is 2.23. The molecular weight excluding hydrogens is 352 g/mol. The van der Waals surface area contributed by atoms with Gasteiger partial charge in [0.1, 0.15) is 5.82 Å². The lowest BCUT2D eigenvalue weighted by molar-refractivity contribution is 1.11. The highest BCUT2D eigenvalue weighted by molar-refractivity contribution is 9.10. The molecule has 0 amide bonds. The highest BCUT2D eigenvalue weighted by Gasteiger charge is 2.05. The second kappa shape index (κ2) is 6.79. The summed E-state index contributed by atoms with van der Waals surface area (Å²) in [6, 6.07) is 18.0. The van der Waals surface area contributed by atoms with Gasteiger partial charge in [-0.15, -0.1) is 0 Å². The van der Waals surface area contributed by atoms with Crippen molar-refractivity contribution >= 4 is 39.1 Å². The minimum atomic E-state index is 0.569. The van der Waals surface area contributed by atoms with E-state index in [9.17, 15) is 0 Å². The third-order valence-electron chi connectivity index (χ3n) is 3.34. The van der Waals surface area contributed by atoms with Gasteiger partial charge in [-0.1, -0.05) is 40.2 Å². The zero-order valence-corrected chi connectivity index (χ0v) is 14.6. The second-order valence-corrected chi connectivity index (χ2v) is 6.21. The molecule has 0 saturated heterocycles. The molecule has 0 saturated carbocycles. The third-order valence-corrected chi connectivity index (χ3v) is 3.84. The molecule has 0 aliphatic carbocycles. The van der Waals surface area contributed by atoms with Crippen LogP contribution in [-0.4, -0.2) is 9.97 Å². The van der Waals surface area contributed by atoms with Gasteiger partial charge in [0.05, 0.1) is 0 Å². The fourth-order valence-corrected chi connectivity index (χ4v) is 2.63. The maximum absolute atomic E-state index is 4.55. The monoisotopic (exact) mass is 368 g/mol. The van der Waals surface area contributed by atoms with Gasteiger partial charge in [-0.3, -0.25) is 0 Å². The Morgan fingerprint density at radius 1 is 0.870 bits per heavy atom. The van der Waals surface area contributed by atoms with Crippen molar-refractivity contribution in [3.05, 3.63) is 70.3 Å². The summed E-state index contributed by atoms with van der Waals surface area (Å²) < 4.78 is 1.01. The van der Waals surface area contributed by atoms with Crippen molar-refractivity contribution in [1.82, 2.24) is 9.97 Å². The Kier molecular flexibility index (Phi) is 4.57. The predicted octanol–water partition coefficient (Wildman–Crippen LogP) is 5.34. The summed E-state index contributed by atoms with van der Waals surface area (Å²) in [5.74, 6) is 1.34. The van der Waals surface area contributed by atoms with Crippen molar-refractivity contribution in [2.24, 2.45) is 0 Å². The van der Waals surface area contributed by atoms with Gasteiger partial charge in [0.25, 0.3) is 0 Å². The van der Waals surface area contributed by atoms with Gasteiger partial charge in [0.15, 0.2) is 0 Å². The van der Waals surface area contributed by atoms with Gasteiger partial charge in [-0.25, -0.2) is 4.98 Å². The zero-order chi connectivity index (χ0) is 16.2. The van der Waals surface area contributed by atoms with E-state index >= 15 is 0 Å². The van der Waals surface area contributed by atoms with Crippen LogP contribution >= 0.6 is 15.9 Å². The van der Waals surface area contributed by atoms with Crippen LogP contribution in [0.2, 0.25) is 0 Å². The molecule has 3 rings (SSSR count). The normalized spacial score (nSPS) is 10.4. The van der Waals surface area contributed by atoms with E-state index in [0.717, 1.165) is 27.4 Å². The van der Waals surface area contributed by atoms with Crippen LogP contribution in [0.3, 0.4) is 0 Å². The van der Waals surface area contributed by atoms with E-state index in [1.807, 2.05) is 55.5 Å². The van der Waals surface area contributed by atoms with Crippen molar-refractivity contribution in [3.8, 4) is 0 Å². The molecule has 23 heavy (non-hydrogen) atoms. The molecule has 0 aliphatic heterocycles. The Balaban J connectivity index is 1.86. The molecule has 0 bridgehead atoms. The summed E-state index contributed by atoms with van der Waals surface area (Å²) in [6.07, 6.45) is 0. The third kappa shape index (κ3) is 4.07. The molecule has 2 N–H and O–H groups in total. The molecule has 1 heterocycles. The van der Waals surface area contributed by atoms with E-state index in [0.29, 0.717) is 5.95 Å². The van der Waals surface area contributed by atoms with Crippen LogP contribution in [0.15, 0.2) is 59.1 Å². The van der Waals surface area contributed by atoms with Crippen LogP contribution < -0.4 is 10.6 Å². The van der Waals surface area contributed by atoms with Crippen LogP contribution in [0.25, 0.3) is 0 Å². The van der Waals surface area contributed by atoms with Crippen molar-refractivity contribution in [3.63, 3.8) is 0 Å². The maximum atomic E-state index is 4.55. The number of para-hydroxylation sites is 1. The second-order valence-electron chi connectivity index (χ2n) is 5.29. The van der Waals surface area contributed by atoms with Gasteiger partial charge in [-0.2, -0.15) is 4.98 Å². The van der Waals surface area contributed by atoms with E-state index < -0.39 is 0 Å². The van der Waals surface area contributed by atoms with E-state index in [1.165, 1.54) is 5.56 Å². The molecule has 2 aromatic carbocycles. The average Bonchev–Trinajstić information content (AvgIpc) is 2.49. The number of benzene rings is 2. The molecule has 3 aromatic rings. The molecule has 5 heteroatoms. The number of aromatic nitrogens is 2. The molecule has 1 aromatic heterocycles. The Morgan fingerprint density at radius 2 is 1.70 bits per heavy atom. The van der Waals surface area contributed by atoms with Gasteiger partial charge >= 0.3 is 0 Å². The maximum Gasteiger partial charge on any atom is 0.229 e. The minimum absolute atomic E-state index is 0.569. The van der Waals surface area contributed by atoms with E-state index in [4.69, 9.17) is 0 Å². The number of hydrogen-bond acceptors (Lipinski definition) is 4. The lowest BCUT2D eigenvalue weighted by Gasteiger charge is -2.11. The van der Waals surface area contributed by atoms with Gasteiger partial charge in [0, 0.05) is 27.6 Å². The Bertz CT molecular complexity index is 833. The van der Waals surface area contributed by atoms with Crippen molar-refractivity contribution in [2.45, 2.75) is 13.8 Å². The number of halogens is 1. The molecule has 0 unspecified atom stereocenters. The van der Waals surface area contributed by atoms with Crippen LogP contribution in [0, 0.1) is 13.8 Å². The Labute approximate surface area is 144 Å². The molecule has 0 radical (unpaired) electrons. The van der Waals surface area contributed by atoms with Crippen LogP contribution in [-0.2, 0) is 0 Å². The largest absolute Gasteiger partial charge is 0.340 e. The number of nitrogens with one attached hydrogen (secondary N) is 2. The topological polar surface area (TPSA) is 49.8 Å². The summed E-state index contributed by atoms with van der Waals surface area (Å²) in [7, 11) is 0. The fraction of sp³-hybridized carbons (Fsp3) is 0.111. The van der Waals surface area contributed by atoms with Crippen molar-refractivity contribution in [2.75, 3.05) is 10.6 Å². The van der Waals surface area contributed by atoms with Gasteiger partial charge in [-0.05, 0) is 43.7 Å². The predicted molar refractivity (Wildman–Crippen MR) is 98.7 cm³/mol. The molecular formula is C18H17BrN4. The first-order chi connectivity index (χ1) is 11.1. The summed E-state index contributed by atoms with van der Waals surface area (Å²) in [4.78, 5) is 8.99. The molecule has 4 nitrogen and oxygen atoms in total. The summed E-state index contributed by atoms with van der Waals surface area (Å²) in [5.41, 5.74) is 4.05. The van der Waals surface area contributed by atoms with E-state index in [2.05, 4.69) is 49.5 Å². The highest BCUT2D eigenvalue weighted by atomic mass is 79.9. The molecule has 116 valence electrons. The standard InChI is InChI=1S/C18H17BrN4/c1-12-6-3-4-9-16(12)22-17-10-13(2)20-18(23-17)21-15-8-5-7-14(19)11-15/h3-11H,1-2H3,(H2,20,21,22,23). The van der Waals surface area contributed by atoms with E-state index in [1.54, 1.807) is 0 Å². The van der Waals surface area contributed by atoms with E-state index in [-0.39, 0.29) is 0 Å². The smallest absolute Gasteiger partial charge is 0.229 e. The number of rotatable bonds is 4. The van der Waals surface area contributed by atoms with Crippen molar-refractivity contribution < 1.29 is 0 Å².